The summed E-state index contributed by atoms with van der Waals surface area (Å²) in [5.41, 5.74) is 2.81. The average molecular weight is 339 g/mol. The molecule has 1 fully saturated rings. The molecule has 23 heavy (non-hydrogen) atoms. The van der Waals surface area contributed by atoms with Crippen LogP contribution in [0.15, 0.2) is 24.3 Å². The van der Waals surface area contributed by atoms with Crippen molar-refractivity contribution in [2.45, 2.75) is 57.9 Å². The van der Waals surface area contributed by atoms with Crippen LogP contribution in [0.3, 0.4) is 0 Å². The molecule has 1 unspecified atom stereocenters. The maximum atomic E-state index is 12.4. The second-order valence-corrected chi connectivity index (χ2v) is 7.32. The number of carbonyl (C=O) groups is 1. The second-order valence-electron chi connectivity index (χ2n) is 7.32. The minimum absolute atomic E-state index is 0. The first-order chi connectivity index (χ1) is 10.4. The lowest BCUT2D eigenvalue weighted by Gasteiger charge is -2.26. The van der Waals surface area contributed by atoms with Crippen molar-refractivity contribution in [2.75, 3.05) is 20.1 Å². The Morgan fingerprint density at radius 3 is 2.48 bits per heavy atom. The van der Waals surface area contributed by atoms with Crippen LogP contribution in [0, 0.1) is 0 Å². The minimum Gasteiger partial charge on any atom is -0.336 e. The Kier molecular flexibility index (Phi) is 7.56. The highest BCUT2D eigenvalue weighted by Gasteiger charge is 2.29. The highest BCUT2D eigenvalue weighted by Crippen LogP contribution is 2.33. The number of nitrogens with one attached hydrogen (secondary N) is 1. The van der Waals surface area contributed by atoms with Crippen LogP contribution in [0.25, 0.3) is 0 Å². The molecule has 3 nitrogen and oxygen atoms in total. The van der Waals surface area contributed by atoms with Crippen molar-refractivity contribution in [3.05, 3.63) is 35.4 Å². The number of carbonyl (C=O) groups excluding carboxylic acids is 1. The Hall–Kier alpha value is -1.06. The molecule has 1 aliphatic heterocycles. The lowest BCUT2D eigenvalue weighted by molar-refractivity contribution is -0.132. The summed E-state index contributed by atoms with van der Waals surface area (Å²) in [6, 6.07) is 9.14. The van der Waals surface area contributed by atoms with E-state index in [1.54, 1.807) is 0 Å². The first-order valence-electron chi connectivity index (χ1n) is 8.48. The van der Waals surface area contributed by atoms with E-state index in [4.69, 9.17) is 0 Å². The molecule has 0 aromatic heterocycles. The molecule has 1 aromatic rings. The maximum absolute atomic E-state index is 12.4. The zero-order valence-electron chi connectivity index (χ0n) is 14.9. The Bertz CT molecular complexity index is 493. The third-order valence-electron chi connectivity index (χ3n) is 4.55. The molecule has 1 saturated heterocycles. The van der Waals surface area contributed by atoms with E-state index in [9.17, 15) is 4.79 Å². The summed E-state index contributed by atoms with van der Waals surface area (Å²) >= 11 is 0. The van der Waals surface area contributed by atoms with Crippen molar-refractivity contribution >= 4 is 18.3 Å². The van der Waals surface area contributed by atoms with E-state index in [0.29, 0.717) is 12.3 Å². The minimum atomic E-state index is 0. The normalized spacial score (nSPS) is 17.9. The number of benzene rings is 1. The van der Waals surface area contributed by atoms with E-state index in [1.807, 2.05) is 7.05 Å². The fourth-order valence-corrected chi connectivity index (χ4v) is 3.18. The van der Waals surface area contributed by atoms with Gasteiger partial charge in [-0.15, -0.1) is 12.4 Å². The molecule has 0 radical (unpaired) electrons. The monoisotopic (exact) mass is 338 g/mol. The first kappa shape index (κ1) is 20.0. The Labute approximate surface area is 147 Å². The van der Waals surface area contributed by atoms with Gasteiger partial charge >= 0.3 is 0 Å². The van der Waals surface area contributed by atoms with Gasteiger partial charge in [-0.1, -0.05) is 45.0 Å². The smallest absolute Gasteiger partial charge is 0.223 e. The molecule has 0 spiro atoms. The van der Waals surface area contributed by atoms with Crippen molar-refractivity contribution in [1.29, 1.82) is 0 Å². The molecule has 4 heteroatoms. The summed E-state index contributed by atoms with van der Waals surface area (Å²) < 4.78 is 0. The van der Waals surface area contributed by atoms with E-state index in [1.165, 1.54) is 11.1 Å². The van der Waals surface area contributed by atoms with Gasteiger partial charge in [-0.25, -0.2) is 0 Å². The van der Waals surface area contributed by atoms with Crippen LogP contribution in [-0.4, -0.2) is 30.9 Å². The second kappa shape index (κ2) is 8.70. The molecule has 1 N–H and O–H groups in total. The van der Waals surface area contributed by atoms with Gasteiger partial charge in [0.25, 0.3) is 0 Å². The number of amides is 1. The highest BCUT2D eigenvalue weighted by atomic mass is 35.5. The van der Waals surface area contributed by atoms with Crippen LogP contribution in [0.4, 0.5) is 0 Å². The van der Waals surface area contributed by atoms with Gasteiger partial charge in [0.2, 0.25) is 5.91 Å². The highest BCUT2D eigenvalue weighted by molar-refractivity contribution is 5.85. The third-order valence-corrected chi connectivity index (χ3v) is 4.55. The lowest BCUT2D eigenvalue weighted by atomic mass is 9.86. The van der Waals surface area contributed by atoms with Crippen LogP contribution >= 0.6 is 12.4 Å². The predicted molar refractivity (Wildman–Crippen MR) is 99.2 cm³/mol. The maximum Gasteiger partial charge on any atom is 0.223 e. The first-order valence-corrected chi connectivity index (χ1v) is 8.48. The summed E-state index contributed by atoms with van der Waals surface area (Å²) in [7, 11) is 1.93. The van der Waals surface area contributed by atoms with E-state index in [2.05, 4.69) is 55.3 Å². The fourth-order valence-electron chi connectivity index (χ4n) is 3.18. The molecule has 2 rings (SSSR count). The molecule has 1 atom stereocenters. The average Bonchev–Trinajstić information content (AvgIpc) is 2.96. The molecular weight excluding hydrogens is 308 g/mol. The van der Waals surface area contributed by atoms with Crippen LogP contribution in [-0.2, 0) is 10.2 Å². The zero-order chi connectivity index (χ0) is 16.2. The molecule has 0 saturated carbocycles. The summed E-state index contributed by atoms with van der Waals surface area (Å²) in [5.74, 6) is 0.303. The molecule has 1 aliphatic rings. The largest absolute Gasteiger partial charge is 0.336 e. The van der Waals surface area contributed by atoms with E-state index in [-0.39, 0.29) is 23.9 Å². The van der Waals surface area contributed by atoms with Gasteiger partial charge in [0, 0.05) is 13.0 Å². The summed E-state index contributed by atoms with van der Waals surface area (Å²) in [6.45, 7) is 8.51. The van der Waals surface area contributed by atoms with Gasteiger partial charge in [-0.05, 0) is 49.4 Å². The summed E-state index contributed by atoms with van der Waals surface area (Å²) in [4.78, 5) is 14.5. The van der Waals surface area contributed by atoms with Gasteiger partial charge in [0.05, 0.1) is 6.04 Å². The Morgan fingerprint density at radius 2 is 1.91 bits per heavy atom. The standard InChI is InChI=1S/C19H30N2O.ClH/c1-19(2,3)16-11-9-15(10-12-16)17-7-6-14-21(17)18(22)8-5-13-20-4;/h9-12,17,20H,5-8,13-14H2,1-4H3;1H. The topological polar surface area (TPSA) is 32.3 Å². The van der Waals surface area contributed by atoms with Crippen LogP contribution in [0.2, 0.25) is 0 Å². The van der Waals surface area contributed by atoms with Crippen LogP contribution < -0.4 is 5.32 Å². The molecule has 0 aliphatic carbocycles. The van der Waals surface area contributed by atoms with Gasteiger partial charge in [-0.3, -0.25) is 4.79 Å². The quantitative estimate of drug-likeness (QED) is 0.821. The van der Waals surface area contributed by atoms with Crippen molar-refractivity contribution < 1.29 is 4.79 Å². The SMILES string of the molecule is CNCCCC(=O)N1CCCC1c1ccc(C(C)(C)C)cc1.Cl. The fraction of sp³-hybridized carbons (Fsp3) is 0.632. The van der Waals surface area contributed by atoms with Crippen LogP contribution in [0.5, 0.6) is 0 Å². The number of hydrogen-bond acceptors (Lipinski definition) is 2. The summed E-state index contributed by atoms with van der Waals surface area (Å²) in [6.07, 6.45) is 3.77. The molecule has 130 valence electrons. The van der Waals surface area contributed by atoms with Crippen LogP contribution in [0.1, 0.15) is 63.6 Å². The molecule has 1 amide bonds. The number of likely N-dealkylation sites (tertiary alicyclic amines) is 1. The number of hydrogen-bond donors (Lipinski definition) is 1. The molecular formula is C19H31ClN2O. The number of nitrogens with zero attached hydrogens (tertiary/aromatic N) is 1. The Balaban J connectivity index is 0.00000264. The number of halogens is 1. The molecule has 1 heterocycles. The third kappa shape index (κ3) is 5.22. The van der Waals surface area contributed by atoms with Gasteiger partial charge in [0.1, 0.15) is 0 Å². The van der Waals surface area contributed by atoms with Gasteiger partial charge < -0.3 is 10.2 Å². The van der Waals surface area contributed by atoms with E-state index >= 15 is 0 Å². The molecule has 1 aromatic carbocycles. The summed E-state index contributed by atoms with van der Waals surface area (Å²) in [5, 5.41) is 3.11. The zero-order valence-corrected chi connectivity index (χ0v) is 15.7. The van der Waals surface area contributed by atoms with Crippen molar-refractivity contribution in [1.82, 2.24) is 10.2 Å². The van der Waals surface area contributed by atoms with Crippen molar-refractivity contribution in [3.8, 4) is 0 Å². The van der Waals surface area contributed by atoms with Gasteiger partial charge in [0.15, 0.2) is 0 Å². The molecule has 0 bridgehead atoms. The Morgan fingerprint density at radius 1 is 1.26 bits per heavy atom. The van der Waals surface area contributed by atoms with E-state index < -0.39 is 0 Å². The van der Waals surface area contributed by atoms with Crippen molar-refractivity contribution in [3.63, 3.8) is 0 Å². The number of rotatable bonds is 5. The van der Waals surface area contributed by atoms with E-state index in [0.717, 1.165) is 32.4 Å². The van der Waals surface area contributed by atoms with Gasteiger partial charge in [-0.2, -0.15) is 0 Å². The predicted octanol–water partition coefficient (Wildman–Crippen LogP) is 4.07. The lowest BCUT2D eigenvalue weighted by Crippen LogP contribution is -2.31. The van der Waals surface area contributed by atoms with Crippen molar-refractivity contribution in [2.24, 2.45) is 0 Å².